The lowest BCUT2D eigenvalue weighted by Gasteiger charge is -2.16. The highest BCUT2D eigenvalue weighted by Crippen LogP contribution is 2.30. The quantitative estimate of drug-likeness (QED) is 0.803. The van der Waals surface area contributed by atoms with Crippen LogP contribution in [-0.2, 0) is 4.84 Å². The Morgan fingerprint density at radius 3 is 2.78 bits per heavy atom. The van der Waals surface area contributed by atoms with Crippen molar-refractivity contribution in [1.29, 1.82) is 0 Å². The fourth-order valence-corrected chi connectivity index (χ4v) is 2.53. The zero-order valence-corrected chi connectivity index (χ0v) is 11.6. The second kappa shape index (κ2) is 5.52. The summed E-state index contributed by atoms with van der Waals surface area (Å²) in [5.74, 6) is -0.219. The summed E-state index contributed by atoms with van der Waals surface area (Å²) < 4.78 is 0. The van der Waals surface area contributed by atoms with Crippen LogP contribution in [0.2, 0.25) is 5.02 Å². The number of carbonyl (C=O) groups excluding carboxylic acids is 1. The number of thiophene rings is 1. The Morgan fingerprint density at radius 1 is 1.39 bits per heavy atom. The Bertz CT molecular complexity index is 554. The number of rotatable bonds is 3. The predicted molar refractivity (Wildman–Crippen MR) is 73.9 cm³/mol. The van der Waals surface area contributed by atoms with Crippen molar-refractivity contribution in [2.45, 2.75) is 0 Å². The number of hydrogen-bond acceptors (Lipinski definition) is 3. The standard InChI is InChI=1S/C13H12ClNO2S/c1-15(17-2)13(16)11-8-9(14)5-6-10(11)12-4-3-7-18-12/h3-8H,1-2H3. The van der Waals surface area contributed by atoms with Crippen LogP contribution in [0.15, 0.2) is 35.7 Å². The maximum absolute atomic E-state index is 12.2. The number of nitrogens with zero attached hydrogens (tertiary/aromatic N) is 1. The molecule has 18 heavy (non-hydrogen) atoms. The van der Waals surface area contributed by atoms with Gasteiger partial charge in [0.05, 0.1) is 12.7 Å². The number of hydrogen-bond donors (Lipinski definition) is 0. The third-order valence-corrected chi connectivity index (χ3v) is 3.70. The molecule has 2 rings (SSSR count). The molecule has 0 saturated carbocycles. The zero-order valence-electron chi connectivity index (χ0n) is 10.0. The Morgan fingerprint density at radius 2 is 2.17 bits per heavy atom. The highest BCUT2D eigenvalue weighted by molar-refractivity contribution is 7.13. The first kappa shape index (κ1) is 13.1. The molecular weight excluding hydrogens is 270 g/mol. The molecule has 3 nitrogen and oxygen atoms in total. The smallest absolute Gasteiger partial charge is 0.274 e. The second-order valence-corrected chi connectivity index (χ2v) is 5.04. The van der Waals surface area contributed by atoms with Gasteiger partial charge in [-0.2, -0.15) is 0 Å². The minimum absolute atomic E-state index is 0.219. The normalized spacial score (nSPS) is 10.4. The van der Waals surface area contributed by atoms with Gasteiger partial charge in [-0.25, -0.2) is 5.06 Å². The van der Waals surface area contributed by atoms with Crippen molar-refractivity contribution in [3.05, 3.63) is 46.3 Å². The van der Waals surface area contributed by atoms with Gasteiger partial charge >= 0.3 is 0 Å². The molecule has 1 aromatic carbocycles. The molecule has 0 radical (unpaired) electrons. The summed E-state index contributed by atoms with van der Waals surface area (Å²) in [7, 11) is 3.02. The molecule has 0 atom stereocenters. The lowest BCUT2D eigenvalue weighted by atomic mass is 10.1. The Balaban J connectivity index is 2.51. The number of benzene rings is 1. The van der Waals surface area contributed by atoms with E-state index in [1.807, 2.05) is 23.6 Å². The molecule has 0 aliphatic rings. The van der Waals surface area contributed by atoms with Gasteiger partial charge < -0.3 is 0 Å². The highest BCUT2D eigenvalue weighted by Gasteiger charge is 2.17. The van der Waals surface area contributed by atoms with E-state index in [0.29, 0.717) is 10.6 Å². The first-order valence-electron chi connectivity index (χ1n) is 5.29. The molecule has 0 bridgehead atoms. The summed E-state index contributed by atoms with van der Waals surface area (Å²) in [6.07, 6.45) is 0. The first-order valence-corrected chi connectivity index (χ1v) is 6.55. The van der Waals surface area contributed by atoms with Crippen molar-refractivity contribution in [2.75, 3.05) is 14.2 Å². The minimum Gasteiger partial charge on any atom is -0.274 e. The highest BCUT2D eigenvalue weighted by atomic mass is 35.5. The summed E-state index contributed by atoms with van der Waals surface area (Å²) in [6, 6.07) is 9.21. The summed E-state index contributed by atoms with van der Waals surface area (Å²) in [4.78, 5) is 18.1. The summed E-state index contributed by atoms with van der Waals surface area (Å²) in [5.41, 5.74) is 1.40. The van der Waals surface area contributed by atoms with Crippen molar-refractivity contribution in [3.8, 4) is 10.4 Å². The number of hydroxylamine groups is 2. The minimum atomic E-state index is -0.219. The van der Waals surface area contributed by atoms with Gasteiger partial charge in [-0.3, -0.25) is 9.63 Å². The topological polar surface area (TPSA) is 29.5 Å². The number of halogens is 1. The van der Waals surface area contributed by atoms with Crippen LogP contribution in [0.25, 0.3) is 10.4 Å². The predicted octanol–water partition coefficient (Wildman–Crippen LogP) is 3.70. The van der Waals surface area contributed by atoms with E-state index in [2.05, 4.69) is 0 Å². The van der Waals surface area contributed by atoms with Crippen LogP contribution >= 0.6 is 22.9 Å². The molecule has 0 N–H and O–H groups in total. The van der Waals surface area contributed by atoms with Gasteiger partial charge in [-0.05, 0) is 23.6 Å². The molecule has 0 fully saturated rings. The van der Waals surface area contributed by atoms with Crippen LogP contribution in [-0.4, -0.2) is 25.1 Å². The van der Waals surface area contributed by atoms with E-state index in [-0.39, 0.29) is 5.91 Å². The van der Waals surface area contributed by atoms with E-state index >= 15 is 0 Å². The first-order chi connectivity index (χ1) is 8.63. The van der Waals surface area contributed by atoms with Gasteiger partial charge in [0, 0.05) is 22.5 Å². The number of amides is 1. The van der Waals surface area contributed by atoms with Crippen LogP contribution in [0.1, 0.15) is 10.4 Å². The lowest BCUT2D eigenvalue weighted by Crippen LogP contribution is -2.25. The fourth-order valence-electron chi connectivity index (χ4n) is 1.59. The Kier molecular flexibility index (Phi) is 4.01. The monoisotopic (exact) mass is 281 g/mol. The van der Waals surface area contributed by atoms with Crippen LogP contribution in [0.3, 0.4) is 0 Å². The largest absolute Gasteiger partial charge is 0.277 e. The molecule has 0 aliphatic heterocycles. The SMILES string of the molecule is CON(C)C(=O)c1cc(Cl)ccc1-c1cccs1. The van der Waals surface area contributed by atoms with Crippen LogP contribution in [0, 0.1) is 0 Å². The average molecular weight is 282 g/mol. The molecule has 1 heterocycles. The fraction of sp³-hybridized carbons (Fsp3) is 0.154. The van der Waals surface area contributed by atoms with Crippen LogP contribution in [0.5, 0.6) is 0 Å². The summed E-state index contributed by atoms with van der Waals surface area (Å²) >= 11 is 7.54. The molecule has 1 aromatic heterocycles. The Hall–Kier alpha value is -1.36. The van der Waals surface area contributed by atoms with Crippen molar-refractivity contribution in [3.63, 3.8) is 0 Å². The maximum Gasteiger partial charge on any atom is 0.277 e. The third kappa shape index (κ3) is 2.56. The van der Waals surface area contributed by atoms with Crippen molar-refractivity contribution >= 4 is 28.8 Å². The average Bonchev–Trinajstić information content (AvgIpc) is 2.90. The molecule has 2 aromatic rings. The van der Waals surface area contributed by atoms with Gasteiger partial charge in [0.2, 0.25) is 0 Å². The van der Waals surface area contributed by atoms with Gasteiger partial charge in [-0.15, -0.1) is 11.3 Å². The molecule has 5 heteroatoms. The van der Waals surface area contributed by atoms with Crippen molar-refractivity contribution in [2.24, 2.45) is 0 Å². The molecule has 94 valence electrons. The van der Waals surface area contributed by atoms with E-state index in [4.69, 9.17) is 16.4 Å². The van der Waals surface area contributed by atoms with Crippen LogP contribution in [0.4, 0.5) is 0 Å². The lowest BCUT2D eigenvalue weighted by molar-refractivity contribution is -0.0756. The molecule has 0 spiro atoms. The molecule has 0 aliphatic carbocycles. The molecular formula is C13H12ClNO2S. The van der Waals surface area contributed by atoms with Gasteiger partial charge in [-0.1, -0.05) is 23.7 Å². The number of carbonyl (C=O) groups is 1. The summed E-state index contributed by atoms with van der Waals surface area (Å²) in [6.45, 7) is 0. The second-order valence-electron chi connectivity index (χ2n) is 3.65. The van der Waals surface area contributed by atoms with Crippen molar-refractivity contribution < 1.29 is 9.63 Å². The molecule has 0 saturated heterocycles. The Labute approximate surface area is 115 Å². The zero-order chi connectivity index (χ0) is 13.1. The molecule has 0 unspecified atom stereocenters. The van der Waals surface area contributed by atoms with Crippen LogP contribution < -0.4 is 0 Å². The molecule has 1 amide bonds. The van der Waals surface area contributed by atoms with Gasteiger partial charge in [0.25, 0.3) is 5.91 Å². The van der Waals surface area contributed by atoms with E-state index in [9.17, 15) is 4.79 Å². The maximum atomic E-state index is 12.2. The van der Waals surface area contributed by atoms with E-state index < -0.39 is 0 Å². The van der Waals surface area contributed by atoms with E-state index in [1.54, 1.807) is 30.5 Å². The van der Waals surface area contributed by atoms with Gasteiger partial charge in [0.1, 0.15) is 0 Å². The van der Waals surface area contributed by atoms with Crippen molar-refractivity contribution in [1.82, 2.24) is 5.06 Å². The van der Waals surface area contributed by atoms with E-state index in [0.717, 1.165) is 10.4 Å². The third-order valence-electron chi connectivity index (χ3n) is 2.56. The summed E-state index contributed by atoms with van der Waals surface area (Å²) in [5, 5.41) is 3.68. The van der Waals surface area contributed by atoms with E-state index in [1.165, 1.54) is 12.2 Å². The van der Waals surface area contributed by atoms with Gasteiger partial charge in [0.15, 0.2) is 0 Å².